The molecule has 1 unspecified atom stereocenters. The Bertz CT molecular complexity index is 434. The molecule has 0 bridgehead atoms. The van der Waals surface area contributed by atoms with Crippen LogP contribution < -0.4 is 15.4 Å². The number of hydrogen-bond acceptors (Lipinski definition) is 3. The maximum atomic E-state index is 12.4. The highest BCUT2D eigenvalue weighted by molar-refractivity contribution is 5.99. The highest BCUT2D eigenvalue weighted by Crippen LogP contribution is 2.34. The summed E-state index contributed by atoms with van der Waals surface area (Å²) >= 11 is 0. The summed E-state index contributed by atoms with van der Waals surface area (Å²) in [5.41, 5.74) is 6.44. The van der Waals surface area contributed by atoms with Crippen molar-refractivity contribution in [2.24, 2.45) is 5.73 Å². The minimum Gasteiger partial charge on any atom is -0.478 e. The van der Waals surface area contributed by atoms with E-state index in [0.29, 0.717) is 13.0 Å². The standard InChI is InChI=1S/C15H22N2O2/c1-2-3-6-11-17-12-7-4-5-8-13(12)19-14(9-10-16)15(17)18/h4-5,7-8,14H,2-3,6,9-11,16H2,1H3. The zero-order valence-electron chi connectivity index (χ0n) is 11.5. The molecule has 19 heavy (non-hydrogen) atoms. The smallest absolute Gasteiger partial charge is 0.268 e. The summed E-state index contributed by atoms with van der Waals surface area (Å²) < 4.78 is 5.75. The number of para-hydroxylation sites is 2. The Morgan fingerprint density at radius 2 is 2.11 bits per heavy atom. The van der Waals surface area contributed by atoms with Gasteiger partial charge in [-0.25, -0.2) is 0 Å². The molecule has 1 aromatic rings. The van der Waals surface area contributed by atoms with Crippen LogP contribution in [0.5, 0.6) is 5.75 Å². The number of fused-ring (bicyclic) bond motifs is 1. The molecule has 1 aliphatic heterocycles. The van der Waals surface area contributed by atoms with Gasteiger partial charge in [0.25, 0.3) is 5.91 Å². The number of rotatable bonds is 6. The Balaban J connectivity index is 2.19. The van der Waals surface area contributed by atoms with Crippen molar-refractivity contribution >= 4 is 11.6 Å². The largest absolute Gasteiger partial charge is 0.478 e. The molecule has 0 aliphatic carbocycles. The second-order valence-electron chi connectivity index (χ2n) is 4.85. The van der Waals surface area contributed by atoms with Gasteiger partial charge in [0.05, 0.1) is 5.69 Å². The number of amides is 1. The Labute approximate surface area is 114 Å². The molecular formula is C15H22N2O2. The molecule has 0 spiro atoms. The first kappa shape index (κ1) is 13.9. The lowest BCUT2D eigenvalue weighted by Gasteiger charge is -2.34. The molecule has 4 heteroatoms. The van der Waals surface area contributed by atoms with Crippen LogP contribution in [0.15, 0.2) is 24.3 Å². The average Bonchev–Trinajstić information content (AvgIpc) is 2.43. The number of carbonyl (C=O) groups excluding carboxylic acids is 1. The van der Waals surface area contributed by atoms with E-state index in [1.807, 2.05) is 29.2 Å². The Hall–Kier alpha value is -1.55. The second kappa shape index (κ2) is 6.57. The van der Waals surface area contributed by atoms with Gasteiger partial charge in [-0.15, -0.1) is 0 Å². The van der Waals surface area contributed by atoms with Crippen molar-refractivity contribution in [1.82, 2.24) is 0 Å². The first-order valence-corrected chi connectivity index (χ1v) is 7.05. The van der Waals surface area contributed by atoms with Crippen LogP contribution in [0.3, 0.4) is 0 Å². The van der Waals surface area contributed by atoms with Crippen molar-refractivity contribution in [3.63, 3.8) is 0 Å². The van der Waals surface area contributed by atoms with Gasteiger partial charge in [-0.1, -0.05) is 31.9 Å². The molecule has 104 valence electrons. The van der Waals surface area contributed by atoms with Gasteiger partial charge in [-0.3, -0.25) is 4.79 Å². The lowest BCUT2D eigenvalue weighted by molar-refractivity contribution is -0.126. The first-order valence-electron chi connectivity index (χ1n) is 7.05. The number of unbranched alkanes of at least 4 members (excludes halogenated alkanes) is 2. The number of ether oxygens (including phenoxy) is 1. The van der Waals surface area contributed by atoms with Gasteiger partial charge in [0.2, 0.25) is 0 Å². The van der Waals surface area contributed by atoms with Gasteiger partial charge in [-0.05, 0) is 25.1 Å². The summed E-state index contributed by atoms with van der Waals surface area (Å²) in [7, 11) is 0. The molecule has 2 N–H and O–H groups in total. The van der Waals surface area contributed by atoms with Gasteiger partial charge >= 0.3 is 0 Å². The molecule has 1 atom stereocenters. The van der Waals surface area contributed by atoms with Crippen molar-refractivity contribution in [3.05, 3.63) is 24.3 Å². The van der Waals surface area contributed by atoms with E-state index in [2.05, 4.69) is 6.92 Å². The van der Waals surface area contributed by atoms with Crippen molar-refractivity contribution < 1.29 is 9.53 Å². The maximum Gasteiger partial charge on any atom is 0.268 e. The van der Waals surface area contributed by atoms with E-state index < -0.39 is 6.10 Å². The van der Waals surface area contributed by atoms with E-state index in [0.717, 1.165) is 37.2 Å². The number of hydrogen-bond donors (Lipinski definition) is 1. The van der Waals surface area contributed by atoms with Crippen LogP contribution in [0, 0.1) is 0 Å². The van der Waals surface area contributed by atoms with E-state index in [1.54, 1.807) is 0 Å². The summed E-state index contributed by atoms with van der Waals surface area (Å²) in [6, 6.07) is 7.72. The van der Waals surface area contributed by atoms with Crippen molar-refractivity contribution in [2.75, 3.05) is 18.0 Å². The lowest BCUT2D eigenvalue weighted by Crippen LogP contribution is -2.47. The molecule has 1 heterocycles. The Morgan fingerprint density at radius 3 is 2.84 bits per heavy atom. The van der Waals surface area contributed by atoms with Gasteiger partial charge in [0.1, 0.15) is 5.75 Å². The van der Waals surface area contributed by atoms with Crippen molar-refractivity contribution in [1.29, 1.82) is 0 Å². The minimum atomic E-state index is -0.429. The zero-order valence-corrected chi connectivity index (χ0v) is 11.5. The number of anilines is 1. The predicted octanol–water partition coefficient (Wildman–Crippen LogP) is 2.32. The number of benzene rings is 1. The number of nitrogens with zero attached hydrogens (tertiary/aromatic N) is 1. The van der Waals surface area contributed by atoms with Crippen molar-refractivity contribution in [3.8, 4) is 5.75 Å². The summed E-state index contributed by atoms with van der Waals surface area (Å²) in [6.07, 6.45) is 3.44. The molecular weight excluding hydrogens is 240 g/mol. The van der Waals surface area contributed by atoms with E-state index in [4.69, 9.17) is 10.5 Å². The third-order valence-electron chi connectivity index (χ3n) is 3.38. The van der Waals surface area contributed by atoms with Gasteiger partial charge in [0, 0.05) is 13.0 Å². The molecule has 1 amide bonds. The monoisotopic (exact) mass is 262 g/mol. The van der Waals surface area contributed by atoms with Gasteiger partial charge < -0.3 is 15.4 Å². The summed E-state index contributed by atoms with van der Waals surface area (Å²) in [5, 5.41) is 0. The van der Waals surface area contributed by atoms with Crippen LogP contribution in [0.25, 0.3) is 0 Å². The molecule has 0 fully saturated rings. The number of carbonyl (C=O) groups is 1. The molecule has 1 aromatic carbocycles. The first-order chi connectivity index (χ1) is 9.27. The molecule has 0 saturated carbocycles. The molecule has 1 aliphatic rings. The van der Waals surface area contributed by atoms with Crippen LogP contribution in [-0.4, -0.2) is 25.1 Å². The summed E-state index contributed by atoms with van der Waals surface area (Å²) in [4.78, 5) is 14.3. The maximum absolute atomic E-state index is 12.4. The van der Waals surface area contributed by atoms with E-state index in [1.165, 1.54) is 0 Å². The fourth-order valence-electron chi connectivity index (χ4n) is 2.36. The molecule has 0 aromatic heterocycles. The van der Waals surface area contributed by atoms with E-state index >= 15 is 0 Å². The zero-order chi connectivity index (χ0) is 13.7. The predicted molar refractivity (Wildman–Crippen MR) is 76.4 cm³/mol. The highest BCUT2D eigenvalue weighted by Gasteiger charge is 2.33. The van der Waals surface area contributed by atoms with Crippen LogP contribution in [0.4, 0.5) is 5.69 Å². The van der Waals surface area contributed by atoms with Crippen LogP contribution in [-0.2, 0) is 4.79 Å². The Kier molecular flexibility index (Phi) is 4.80. The fourth-order valence-corrected chi connectivity index (χ4v) is 2.36. The van der Waals surface area contributed by atoms with E-state index in [-0.39, 0.29) is 5.91 Å². The number of nitrogens with two attached hydrogens (primary N) is 1. The third-order valence-corrected chi connectivity index (χ3v) is 3.38. The molecule has 0 saturated heterocycles. The quantitative estimate of drug-likeness (QED) is 0.800. The highest BCUT2D eigenvalue weighted by atomic mass is 16.5. The lowest BCUT2D eigenvalue weighted by atomic mass is 10.1. The molecule has 2 rings (SSSR count). The van der Waals surface area contributed by atoms with Crippen LogP contribution in [0.2, 0.25) is 0 Å². The SMILES string of the molecule is CCCCCN1C(=O)C(CCN)Oc2ccccc21. The van der Waals surface area contributed by atoms with Gasteiger partial charge in [0.15, 0.2) is 6.10 Å². The summed E-state index contributed by atoms with van der Waals surface area (Å²) in [6.45, 7) is 3.38. The fraction of sp³-hybridized carbons (Fsp3) is 0.533. The average molecular weight is 262 g/mol. The second-order valence-corrected chi connectivity index (χ2v) is 4.85. The molecule has 4 nitrogen and oxygen atoms in total. The Morgan fingerprint density at radius 1 is 1.32 bits per heavy atom. The van der Waals surface area contributed by atoms with Crippen molar-refractivity contribution in [2.45, 2.75) is 38.7 Å². The van der Waals surface area contributed by atoms with E-state index in [9.17, 15) is 4.79 Å². The molecule has 0 radical (unpaired) electrons. The van der Waals surface area contributed by atoms with Gasteiger partial charge in [-0.2, -0.15) is 0 Å². The minimum absolute atomic E-state index is 0.0419. The van der Waals surface area contributed by atoms with Crippen LogP contribution in [0.1, 0.15) is 32.6 Å². The third kappa shape index (κ3) is 3.07. The normalized spacial score (nSPS) is 18.1. The topological polar surface area (TPSA) is 55.6 Å². The van der Waals surface area contributed by atoms with Crippen LogP contribution >= 0.6 is 0 Å². The summed E-state index contributed by atoms with van der Waals surface area (Å²) in [5.74, 6) is 0.831.